The van der Waals surface area contributed by atoms with Crippen molar-refractivity contribution in [3.8, 4) is 0 Å². The van der Waals surface area contributed by atoms with Crippen LogP contribution in [0.2, 0.25) is 0 Å². The minimum atomic E-state index is 0. The molecule has 20 heavy (non-hydrogen) atoms. The Morgan fingerprint density at radius 2 is 2.10 bits per heavy atom. The van der Waals surface area contributed by atoms with Crippen molar-refractivity contribution < 1.29 is 4.74 Å². The Morgan fingerprint density at radius 3 is 2.75 bits per heavy atom. The first-order valence-corrected chi connectivity index (χ1v) is 6.78. The van der Waals surface area contributed by atoms with Crippen molar-refractivity contribution in [1.82, 2.24) is 15.6 Å². The maximum atomic E-state index is 5.28. The van der Waals surface area contributed by atoms with E-state index in [-0.39, 0.29) is 24.0 Å². The molecule has 1 rings (SSSR count). The van der Waals surface area contributed by atoms with E-state index in [1.165, 1.54) is 0 Å². The Labute approximate surface area is 138 Å². The molecule has 0 saturated heterocycles. The van der Waals surface area contributed by atoms with Crippen molar-refractivity contribution in [3.05, 3.63) is 29.6 Å². The zero-order valence-corrected chi connectivity index (χ0v) is 14.8. The summed E-state index contributed by atoms with van der Waals surface area (Å²) in [6, 6.07) is 5.97. The van der Waals surface area contributed by atoms with Gasteiger partial charge in [-0.2, -0.15) is 0 Å². The maximum Gasteiger partial charge on any atom is 0.191 e. The van der Waals surface area contributed by atoms with E-state index in [1.807, 2.05) is 39.0 Å². The highest BCUT2D eigenvalue weighted by molar-refractivity contribution is 14.0. The molecular formula is C14H25IN4O. The molecule has 5 nitrogen and oxygen atoms in total. The Morgan fingerprint density at radius 1 is 1.30 bits per heavy atom. The van der Waals surface area contributed by atoms with Crippen LogP contribution in [0.15, 0.2) is 23.2 Å². The summed E-state index contributed by atoms with van der Waals surface area (Å²) in [5.74, 6) is 0.797. The topological polar surface area (TPSA) is 58.5 Å². The minimum absolute atomic E-state index is 0. The van der Waals surface area contributed by atoms with E-state index in [1.54, 1.807) is 0 Å². The van der Waals surface area contributed by atoms with Crippen molar-refractivity contribution in [3.63, 3.8) is 0 Å². The van der Waals surface area contributed by atoms with Crippen LogP contribution >= 0.6 is 24.0 Å². The standard InChI is InChI=1S/C14H24N4O.HI/c1-4-15-14(16-9-10-19-5-2)17-11-13-8-6-7-12(3)18-13;/h6-8H,4-5,9-11H2,1-3H3,(H2,15,16,17);1H. The fourth-order valence-electron chi connectivity index (χ4n) is 1.58. The Hall–Kier alpha value is -0.890. The first-order valence-electron chi connectivity index (χ1n) is 6.78. The van der Waals surface area contributed by atoms with Gasteiger partial charge in [0, 0.05) is 25.4 Å². The summed E-state index contributed by atoms with van der Waals surface area (Å²) in [5, 5.41) is 6.43. The van der Waals surface area contributed by atoms with Gasteiger partial charge in [0.05, 0.1) is 18.8 Å². The number of aromatic nitrogens is 1. The van der Waals surface area contributed by atoms with Gasteiger partial charge >= 0.3 is 0 Å². The molecule has 6 heteroatoms. The maximum absolute atomic E-state index is 5.28. The molecule has 0 bridgehead atoms. The van der Waals surface area contributed by atoms with Crippen molar-refractivity contribution in [2.75, 3.05) is 26.3 Å². The van der Waals surface area contributed by atoms with Gasteiger partial charge in [0.15, 0.2) is 5.96 Å². The predicted octanol–water partition coefficient (Wildman–Crippen LogP) is 2.10. The van der Waals surface area contributed by atoms with E-state index in [2.05, 4.69) is 20.6 Å². The molecule has 114 valence electrons. The minimum Gasteiger partial charge on any atom is -0.380 e. The van der Waals surface area contributed by atoms with E-state index in [4.69, 9.17) is 4.74 Å². The van der Waals surface area contributed by atoms with Gasteiger partial charge in [-0.3, -0.25) is 4.98 Å². The Bertz CT molecular complexity index is 399. The van der Waals surface area contributed by atoms with Gasteiger partial charge in [0.1, 0.15) is 0 Å². The number of halogens is 1. The summed E-state index contributed by atoms with van der Waals surface area (Å²) in [6.07, 6.45) is 0. The summed E-state index contributed by atoms with van der Waals surface area (Å²) >= 11 is 0. The van der Waals surface area contributed by atoms with Crippen molar-refractivity contribution in [1.29, 1.82) is 0 Å². The van der Waals surface area contributed by atoms with Gasteiger partial charge in [0.25, 0.3) is 0 Å². The number of rotatable bonds is 7. The second kappa shape index (κ2) is 11.9. The van der Waals surface area contributed by atoms with Crippen LogP contribution in [-0.4, -0.2) is 37.2 Å². The van der Waals surface area contributed by atoms with E-state index in [0.29, 0.717) is 13.2 Å². The predicted molar refractivity (Wildman–Crippen MR) is 93.7 cm³/mol. The van der Waals surface area contributed by atoms with Crippen LogP contribution in [0.1, 0.15) is 25.2 Å². The van der Waals surface area contributed by atoms with Gasteiger partial charge in [-0.15, -0.1) is 24.0 Å². The lowest BCUT2D eigenvalue weighted by molar-refractivity contribution is 0.152. The highest BCUT2D eigenvalue weighted by Crippen LogP contribution is 1.99. The number of hydrogen-bond acceptors (Lipinski definition) is 3. The smallest absolute Gasteiger partial charge is 0.191 e. The van der Waals surface area contributed by atoms with Gasteiger partial charge in [-0.25, -0.2) is 4.99 Å². The van der Waals surface area contributed by atoms with Crippen LogP contribution in [0.3, 0.4) is 0 Å². The quantitative estimate of drug-likeness (QED) is 0.323. The van der Waals surface area contributed by atoms with Crippen LogP contribution in [-0.2, 0) is 11.3 Å². The summed E-state index contributed by atoms with van der Waals surface area (Å²) < 4.78 is 5.28. The average molecular weight is 392 g/mol. The van der Waals surface area contributed by atoms with Crippen molar-refractivity contribution in [2.45, 2.75) is 27.3 Å². The number of guanidine groups is 1. The normalized spacial score (nSPS) is 10.8. The number of aryl methyl sites for hydroxylation is 1. The number of aliphatic imine (C=N–C) groups is 1. The lowest BCUT2D eigenvalue weighted by atomic mass is 10.3. The largest absolute Gasteiger partial charge is 0.380 e. The number of nitrogens with zero attached hydrogens (tertiary/aromatic N) is 2. The van der Waals surface area contributed by atoms with Crippen LogP contribution in [0, 0.1) is 6.92 Å². The molecule has 0 fully saturated rings. The number of ether oxygens (including phenoxy) is 1. The molecule has 0 spiro atoms. The van der Waals surface area contributed by atoms with E-state index in [9.17, 15) is 0 Å². The summed E-state index contributed by atoms with van der Waals surface area (Å²) in [5.41, 5.74) is 1.99. The second-order valence-electron chi connectivity index (χ2n) is 4.09. The lowest BCUT2D eigenvalue weighted by Gasteiger charge is -2.11. The SMILES string of the molecule is CCNC(=NCc1cccc(C)n1)NCCOCC.I. The molecule has 0 saturated carbocycles. The molecule has 1 aromatic heterocycles. The molecule has 0 radical (unpaired) electrons. The third-order valence-electron chi connectivity index (χ3n) is 2.43. The third kappa shape index (κ3) is 8.31. The van der Waals surface area contributed by atoms with Crippen LogP contribution in [0.5, 0.6) is 0 Å². The molecule has 0 aromatic carbocycles. The number of hydrogen-bond donors (Lipinski definition) is 2. The highest BCUT2D eigenvalue weighted by Gasteiger charge is 1.98. The molecule has 1 aromatic rings. The molecule has 0 amide bonds. The average Bonchev–Trinajstić information content (AvgIpc) is 2.41. The Balaban J connectivity index is 0.00000361. The zero-order chi connectivity index (χ0) is 13.9. The van der Waals surface area contributed by atoms with Crippen molar-refractivity contribution >= 4 is 29.9 Å². The number of nitrogens with one attached hydrogen (secondary N) is 2. The Kier molecular flexibility index (Phi) is 11.4. The monoisotopic (exact) mass is 392 g/mol. The van der Waals surface area contributed by atoms with Crippen LogP contribution in [0.25, 0.3) is 0 Å². The first-order chi connectivity index (χ1) is 9.26. The summed E-state index contributed by atoms with van der Waals surface area (Å²) in [7, 11) is 0. The third-order valence-corrected chi connectivity index (χ3v) is 2.43. The van der Waals surface area contributed by atoms with Crippen molar-refractivity contribution in [2.24, 2.45) is 4.99 Å². The summed E-state index contributed by atoms with van der Waals surface area (Å²) in [6.45, 7) is 9.60. The molecule has 0 aliphatic rings. The van der Waals surface area contributed by atoms with Gasteiger partial charge in [-0.05, 0) is 32.9 Å². The van der Waals surface area contributed by atoms with E-state index < -0.39 is 0 Å². The summed E-state index contributed by atoms with van der Waals surface area (Å²) in [4.78, 5) is 8.93. The molecule has 1 heterocycles. The van der Waals surface area contributed by atoms with Gasteiger partial charge in [0.2, 0.25) is 0 Å². The molecular weight excluding hydrogens is 367 g/mol. The molecule has 2 N–H and O–H groups in total. The highest BCUT2D eigenvalue weighted by atomic mass is 127. The lowest BCUT2D eigenvalue weighted by Crippen LogP contribution is -2.39. The molecule has 0 aliphatic carbocycles. The molecule has 0 atom stereocenters. The van der Waals surface area contributed by atoms with E-state index >= 15 is 0 Å². The molecule has 0 aliphatic heterocycles. The second-order valence-corrected chi connectivity index (χ2v) is 4.09. The van der Waals surface area contributed by atoms with Crippen LogP contribution in [0.4, 0.5) is 0 Å². The van der Waals surface area contributed by atoms with Gasteiger partial charge < -0.3 is 15.4 Å². The van der Waals surface area contributed by atoms with E-state index in [0.717, 1.165) is 37.0 Å². The molecule has 0 unspecified atom stereocenters. The fourth-order valence-corrected chi connectivity index (χ4v) is 1.58. The van der Waals surface area contributed by atoms with Crippen LogP contribution < -0.4 is 10.6 Å². The fraction of sp³-hybridized carbons (Fsp3) is 0.571. The first kappa shape index (κ1) is 19.1. The number of pyridine rings is 1. The van der Waals surface area contributed by atoms with Gasteiger partial charge in [-0.1, -0.05) is 6.07 Å². The zero-order valence-electron chi connectivity index (χ0n) is 12.5.